The minimum atomic E-state index is -0.145. The summed E-state index contributed by atoms with van der Waals surface area (Å²) in [7, 11) is 0. The van der Waals surface area contributed by atoms with E-state index in [0.29, 0.717) is 31.6 Å². The standard InChI is InChI=1S/C20H22N4O3/c1-14-17(15(2)27-23-14)8-9-19(25)21-10-11-24-13-22-18(12-20(24)26)16-6-4-3-5-7-16/h3-7,12-13H,8-11H2,1-2H3,(H,21,25). The minimum absolute atomic E-state index is 0.0723. The molecule has 27 heavy (non-hydrogen) atoms. The van der Waals surface area contributed by atoms with Crippen LogP contribution >= 0.6 is 0 Å². The Morgan fingerprint density at radius 1 is 1.22 bits per heavy atom. The Hall–Kier alpha value is -3.22. The summed E-state index contributed by atoms with van der Waals surface area (Å²) in [6.07, 6.45) is 2.45. The molecule has 0 saturated heterocycles. The van der Waals surface area contributed by atoms with E-state index < -0.39 is 0 Å². The molecule has 3 rings (SSSR count). The second-order valence-electron chi connectivity index (χ2n) is 6.32. The summed E-state index contributed by atoms with van der Waals surface area (Å²) in [5, 5.41) is 6.71. The van der Waals surface area contributed by atoms with E-state index in [0.717, 1.165) is 22.6 Å². The SMILES string of the molecule is Cc1noc(C)c1CCC(=O)NCCn1cnc(-c2ccccc2)cc1=O. The van der Waals surface area contributed by atoms with Gasteiger partial charge >= 0.3 is 0 Å². The summed E-state index contributed by atoms with van der Waals surface area (Å²) in [5.74, 6) is 0.674. The third-order valence-electron chi connectivity index (χ3n) is 4.41. The summed E-state index contributed by atoms with van der Waals surface area (Å²) in [6.45, 7) is 4.44. The predicted octanol–water partition coefficient (Wildman–Crippen LogP) is 2.26. The molecule has 0 radical (unpaired) electrons. The average Bonchev–Trinajstić information content (AvgIpc) is 3.00. The van der Waals surface area contributed by atoms with Gasteiger partial charge in [-0.2, -0.15) is 0 Å². The highest BCUT2D eigenvalue weighted by molar-refractivity contribution is 5.76. The highest BCUT2D eigenvalue weighted by Crippen LogP contribution is 2.14. The minimum Gasteiger partial charge on any atom is -0.361 e. The van der Waals surface area contributed by atoms with Crippen LogP contribution in [0.25, 0.3) is 11.3 Å². The van der Waals surface area contributed by atoms with Crippen LogP contribution in [0.2, 0.25) is 0 Å². The van der Waals surface area contributed by atoms with Gasteiger partial charge in [-0.3, -0.25) is 14.2 Å². The number of hydrogen-bond acceptors (Lipinski definition) is 5. The number of benzene rings is 1. The number of hydrogen-bond donors (Lipinski definition) is 1. The molecule has 7 nitrogen and oxygen atoms in total. The lowest BCUT2D eigenvalue weighted by Crippen LogP contribution is -2.31. The van der Waals surface area contributed by atoms with Crippen LogP contribution in [0.3, 0.4) is 0 Å². The first-order chi connectivity index (χ1) is 13.0. The zero-order valence-corrected chi connectivity index (χ0v) is 15.4. The first-order valence-corrected chi connectivity index (χ1v) is 8.85. The molecule has 1 N–H and O–H groups in total. The highest BCUT2D eigenvalue weighted by Gasteiger charge is 2.11. The van der Waals surface area contributed by atoms with Crippen molar-refractivity contribution in [2.24, 2.45) is 0 Å². The summed E-state index contributed by atoms with van der Waals surface area (Å²) >= 11 is 0. The van der Waals surface area contributed by atoms with E-state index in [4.69, 9.17) is 4.52 Å². The quantitative estimate of drug-likeness (QED) is 0.693. The Labute approximate surface area is 157 Å². The molecule has 0 aliphatic rings. The largest absolute Gasteiger partial charge is 0.361 e. The molecule has 0 bridgehead atoms. The van der Waals surface area contributed by atoms with Gasteiger partial charge in [0.1, 0.15) is 5.76 Å². The molecular formula is C20H22N4O3. The first-order valence-electron chi connectivity index (χ1n) is 8.85. The number of nitrogens with one attached hydrogen (secondary N) is 1. The van der Waals surface area contributed by atoms with Crippen molar-refractivity contribution in [1.29, 1.82) is 0 Å². The summed E-state index contributed by atoms with van der Waals surface area (Å²) < 4.78 is 6.58. The first kappa shape index (κ1) is 18.6. The molecule has 3 aromatic rings. The molecule has 140 valence electrons. The van der Waals surface area contributed by atoms with Crippen LogP contribution in [0.4, 0.5) is 0 Å². The van der Waals surface area contributed by atoms with Gasteiger partial charge in [-0.1, -0.05) is 35.5 Å². The van der Waals surface area contributed by atoms with E-state index >= 15 is 0 Å². The van der Waals surface area contributed by atoms with Gasteiger partial charge < -0.3 is 9.84 Å². The van der Waals surface area contributed by atoms with Gasteiger partial charge in [0.05, 0.1) is 17.7 Å². The van der Waals surface area contributed by atoms with E-state index in [1.165, 1.54) is 17.0 Å². The van der Waals surface area contributed by atoms with Crippen LogP contribution in [0, 0.1) is 13.8 Å². The van der Waals surface area contributed by atoms with Crippen molar-refractivity contribution in [1.82, 2.24) is 20.0 Å². The number of nitrogens with zero attached hydrogens (tertiary/aromatic N) is 3. The summed E-state index contributed by atoms with van der Waals surface area (Å²) in [5.41, 5.74) is 3.18. The number of rotatable bonds is 7. The topological polar surface area (TPSA) is 90.0 Å². The fraction of sp³-hybridized carbons (Fsp3) is 0.300. The molecule has 0 aliphatic heterocycles. The van der Waals surface area contributed by atoms with E-state index in [1.807, 2.05) is 44.2 Å². The molecule has 1 aromatic carbocycles. The van der Waals surface area contributed by atoms with Crippen LogP contribution < -0.4 is 10.9 Å². The molecule has 0 unspecified atom stereocenters. The van der Waals surface area contributed by atoms with Crippen molar-refractivity contribution >= 4 is 5.91 Å². The van der Waals surface area contributed by atoms with Gasteiger partial charge in [-0.25, -0.2) is 4.98 Å². The smallest absolute Gasteiger partial charge is 0.253 e. The maximum atomic E-state index is 12.2. The lowest BCUT2D eigenvalue weighted by molar-refractivity contribution is -0.121. The van der Waals surface area contributed by atoms with Crippen molar-refractivity contribution in [3.05, 3.63) is 70.1 Å². The molecule has 0 spiro atoms. The van der Waals surface area contributed by atoms with Gasteiger partial charge in [-0.15, -0.1) is 0 Å². The Balaban J connectivity index is 1.50. The molecule has 2 heterocycles. The molecule has 0 atom stereocenters. The second kappa shape index (κ2) is 8.44. The van der Waals surface area contributed by atoms with Gasteiger partial charge in [0.25, 0.3) is 5.56 Å². The normalized spacial score (nSPS) is 10.7. The van der Waals surface area contributed by atoms with E-state index in [9.17, 15) is 9.59 Å². The average molecular weight is 366 g/mol. The number of amides is 1. The number of aryl methyl sites for hydroxylation is 2. The van der Waals surface area contributed by atoms with E-state index in [2.05, 4.69) is 15.5 Å². The van der Waals surface area contributed by atoms with Gasteiger partial charge in [0.2, 0.25) is 5.91 Å². The van der Waals surface area contributed by atoms with Crippen molar-refractivity contribution in [2.75, 3.05) is 6.54 Å². The molecular weight excluding hydrogens is 344 g/mol. The summed E-state index contributed by atoms with van der Waals surface area (Å²) in [4.78, 5) is 28.6. The Bertz CT molecular complexity index is 957. The molecule has 7 heteroatoms. The number of aromatic nitrogens is 3. The monoisotopic (exact) mass is 366 g/mol. The number of carbonyl (C=O) groups excluding carboxylic acids is 1. The van der Waals surface area contributed by atoms with Gasteiger partial charge in [0, 0.05) is 36.7 Å². The molecule has 2 aromatic heterocycles. The predicted molar refractivity (Wildman–Crippen MR) is 101 cm³/mol. The van der Waals surface area contributed by atoms with E-state index in [-0.39, 0.29) is 11.5 Å². The Kier molecular flexibility index (Phi) is 5.80. The molecule has 1 amide bonds. The fourth-order valence-corrected chi connectivity index (χ4v) is 2.86. The fourth-order valence-electron chi connectivity index (χ4n) is 2.86. The van der Waals surface area contributed by atoms with Crippen LogP contribution in [-0.2, 0) is 17.8 Å². The van der Waals surface area contributed by atoms with Crippen LogP contribution in [-0.4, -0.2) is 27.2 Å². The van der Waals surface area contributed by atoms with Crippen LogP contribution in [0.15, 0.2) is 52.0 Å². The van der Waals surface area contributed by atoms with Gasteiger partial charge in [0.15, 0.2) is 0 Å². The Morgan fingerprint density at radius 3 is 2.67 bits per heavy atom. The summed E-state index contributed by atoms with van der Waals surface area (Å²) in [6, 6.07) is 11.0. The zero-order valence-electron chi connectivity index (χ0n) is 15.4. The molecule has 0 fully saturated rings. The highest BCUT2D eigenvalue weighted by atomic mass is 16.5. The Morgan fingerprint density at radius 2 is 2.00 bits per heavy atom. The lowest BCUT2D eigenvalue weighted by atomic mass is 10.1. The third kappa shape index (κ3) is 4.69. The van der Waals surface area contributed by atoms with Crippen molar-refractivity contribution in [3.63, 3.8) is 0 Å². The van der Waals surface area contributed by atoms with Crippen molar-refractivity contribution in [2.45, 2.75) is 33.2 Å². The second-order valence-corrected chi connectivity index (χ2v) is 6.32. The van der Waals surface area contributed by atoms with E-state index in [1.54, 1.807) is 0 Å². The number of carbonyl (C=O) groups is 1. The maximum Gasteiger partial charge on any atom is 0.253 e. The third-order valence-corrected chi connectivity index (χ3v) is 4.41. The molecule has 0 aliphatic carbocycles. The molecule has 0 saturated carbocycles. The van der Waals surface area contributed by atoms with Crippen LogP contribution in [0.1, 0.15) is 23.4 Å². The van der Waals surface area contributed by atoms with Crippen LogP contribution in [0.5, 0.6) is 0 Å². The lowest BCUT2D eigenvalue weighted by Gasteiger charge is -2.08. The zero-order chi connectivity index (χ0) is 19.2. The van der Waals surface area contributed by atoms with Crippen molar-refractivity contribution < 1.29 is 9.32 Å². The maximum absolute atomic E-state index is 12.2. The van der Waals surface area contributed by atoms with Gasteiger partial charge in [-0.05, 0) is 20.3 Å². The van der Waals surface area contributed by atoms with Crippen molar-refractivity contribution in [3.8, 4) is 11.3 Å².